The highest BCUT2D eigenvalue weighted by Crippen LogP contribution is 2.30. The number of alkyl halides is 1. The minimum Gasteiger partial charge on any atom is -0.487 e. The molecule has 0 aliphatic carbocycles. The number of benzene rings is 2. The number of nitrogens with zero attached hydrogens (tertiary/aromatic N) is 3. The zero-order valence-corrected chi connectivity index (χ0v) is 22.8. The predicted molar refractivity (Wildman–Crippen MR) is 148 cm³/mol. The van der Waals surface area contributed by atoms with Crippen molar-refractivity contribution in [2.75, 3.05) is 57.8 Å². The van der Waals surface area contributed by atoms with Gasteiger partial charge in [0.25, 0.3) is 5.91 Å². The highest BCUT2D eigenvalue weighted by atomic mass is 35.5. The van der Waals surface area contributed by atoms with Gasteiger partial charge < -0.3 is 25.0 Å². The fourth-order valence-corrected chi connectivity index (χ4v) is 5.34. The number of aliphatic hydroxyl groups is 1. The molecule has 0 radical (unpaired) electrons. The van der Waals surface area contributed by atoms with Crippen LogP contribution in [-0.2, 0) is 13.0 Å². The predicted octanol–water partition coefficient (Wildman–Crippen LogP) is 2.92. The second-order valence-electron chi connectivity index (χ2n) is 9.92. The third kappa shape index (κ3) is 6.86. The second kappa shape index (κ2) is 13.1. The number of hydrogen-bond acceptors (Lipinski definition) is 6. The third-order valence-electron chi connectivity index (χ3n) is 7.35. The van der Waals surface area contributed by atoms with Crippen LogP contribution >= 0.6 is 24.8 Å². The number of ether oxygens (including phenoxy) is 1. The van der Waals surface area contributed by atoms with Crippen molar-refractivity contribution in [1.82, 2.24) is 15.1 Å². The van der Waals surface area contributed by atoms with Crippen LogP contribution in [0.4, 0.5) is 10.1 Å². The van der Waals surface area contributed by atoms with E-state index < -0.39 is 18.4 Å². The Balaban J connectivity index is 0.00000190. The van der Waals surface area contributed by atoms with Gasteiger partial charge in [0.15, 0.2) is 0 Å². The summed E-state index contributed by atoms with van der Waals surface area (Å²) in [6.07, 6.45) is -0.558. The Morgan fingerprint density at radius 1 is 1.11 bits per heavy atom. The van der Waals surface area contributed by atoms with Crippen LogP contribution < -0.4 is 15.0 Å². The van der Waals surface area contributed by atoms with Crippen LogP contribution in [0.2, 0.25) is 0 Å². The molecular weight excluding hydrogens is 518 g/mol. The maximum atomic E-state index is 14.2. The lowest BCUT2D eigenvalue weighted by atomic mass is 10.00. The number of carbonyl (C=O) groups is 1. The molecule has 2 aromatic rings. The summed E-state index contributed by atoms with van der Waals surface area (Å²) in [4.78, 5) is 19.4. The van der Waals surface area contributed by atoms with Gasteiger partial charge in [-0.3, -0.25) is 9.69 Å². The standard InChI is InChI=1S/C27H35FN4O3.2ClH/c1-30-12-13-32(18-21(33)17-31-11-9-19-4-2-3-5-20(19)16-31)27(34)23-7-6-22(14-25(23)30)35-26-8-10-29-15-24(26)28;;/h2-7,14,21,24,26,29,33H,8-13,15-18H2,1H3;2*1H. The lowest BCUT2D eigenvalue weighted by Crippen LogP contribution is -2.44. The van der Waals surface area contributed by atoms with Gasteiger partial charge in [-0.05, 0) is 42.6 Å². The summed E-state index contributed by atoms with van der Waals surface area (Å²) in [5.74, 6) is 0.487. The van der Waals surface area contributed by atoms with E-state index in [9.17, 15) is 14.3 Å². The van der Waals surface area contributed by atoms with E-state index in [0.29, 0.717) is 50.5 Å². The van der Waals surface area contributed by atoms with Crippen LogP contribution in [0.1, 0.15) is 27.9 Å². The molecule has 3 heterocycles. The molecular formula is C27H37Cl2FN4O3. The molecule has 1 amide bonds. The molecule has 7 nitrogen and oxygen atoms in total. The quantitative estimate of drug-likeness (QED) is 0.572. The zero-order valence-electron chi connectivity index (χ0n) is 21.1. The van der Waals surface area contributed by atoms with Gasteiger partial charge in [0.1, 0.15) is 18.0 Å². The third-order valence-corrected chi connectivity index (χ3v) is 7.35. The summed E-state index contributed by atoms with van der Waals surface area (Å²) in [5.41, 5.74) is 4.06. The zero-order chi connectivity index (χ0) is 24.4. The molecule has 204 valence electrons. The molecule has 10 heteroatoms. The second-order valence-corrected chi connectivity index (χ2v) is 9.92. The molecule has 1 saturated heterocycles. The number of hydrogen-bond donors (Lipinski definition) is 2. The number of anilines is 1. The van der Waals surface area contributed by atoms with Gasteiger partial charge in [0.05, 0.1) is 17.4 Å². The molecule has 3 aliphatic rings. The average Bonchev–Trinajstić information content (AvgIpc) is 2.97. The molecule has 0 saturated carbocycles. The Labute approximate surface area is 230 Å². The van der Waals surface area contributed by atoms with E-state index in [1.54, 1.807) is 17.0 Å². The lowest BCUT2D eigenvalue weighted by Gasteiger charge is -2.32. The number of amides is 1. The van der Waals surface area contributed by atoms with Crippen molar-refractivity contribution in [1.29, 1.82) is 0 Å². The first kappa shape index (κ1) is 29.5. The fraction of sp³-hybridized carbons (Fsp3) is 0.519. The van der Waals surface area contributed by atoms with Crippen molar-refractivity contribution >= 4 is 36.4 Å². The Morgan fingerprint density at radius 2 is 1.89 bits per heavy atom. The van der Waals surface area contributed by atoms with Crippen LogP contribution in [0.3, 0.4) is 0 Å². The minimum atomic E-state index is -1.05. The highest BCUT2D eigenvalue weighted by molar-refractivity contribution is 6.00. The van der Waals surface area contributed by atoms with Gasteiger partial charge in [-0.1, -0.05) is 24.3 Å². The van der Waals surface area contributed by atoms with E-state index in [0.717, 1.165) is 31.7 Å². The molecule has 0 aromatic heterocycles. The summed E-state index contributed by atoms with van der Waals surface area (Å²) in [6, 6.07) is 13.8. The Hall–Kier alpha value is -2.10. The summed E-state index contributed by atoms with van der Waals surface area (Å²) >= 11 is 0. The largest absolute Gasteiger partial charge is 0.487 e. The molecule has 2 N–H and O–H groups in total. The first-order valence-electron chi connectivity index (χ1n) is 12.6. The Morgan fingerprint density at radius 3 is 2.68 bits per heavy atom. The van der Waals surface area contributed by atoms with Gasteiger partial charge >= 0.3 is 0 Å². The minimum absolute atomic E-state index is 0. The number of nitrogens with one attached hydrogen (secondary N) is 1. The van der Waals surface area contributed by atoms with Gasteiger partial charge in [-0.2, -0.15) is 0 Å². The van der Waals surface area contributed by atoms with Crippen LogP contribution in [0.5, 0.6) is 5.75 Å². The number of aliphatic hydroxyl groups excluding tert-OH is 1. The maximum Gasteiger partial charge on any atom is 0.256 e. The van der Waals surface area contributed by atoms with Crippen molar-refractivity contribution in [2.24, 2.45) is 0 Å². The molecule has 0 spiro atoms. The normalized spacial score (nSPS) is 22.6. The van der Waals surface area contributed by atoms with Gasteiger partial charge in [0.2, 0.25) is 0 Å². The molecule has 3 atom stereocenters. The highest BCUT2D eigenvalue weighted by Gasteiger charge is 2.30. The smallest absolute Gasteiger partial charge is 0.256 e. The van der Waals surface area contributed by atoms with Gasteiger partial charge in [0, 0.05) is 58.9 Å². The number of β-amino-alcohol motifs (C(OH)–C–C–N with tert-alkyl or cyclic N) is 1. The summed E-state index contributed by atoms with van der Waals surface area (Å²) in [7, 11) is 1.95. The number of piperidine rings is 1. The van der Waals surface area contributed by atoms with Gasteiger partial charge in [-0.15, -0.1) is 24.8 Å². The first-order valence-corrected chi connectivity index (χ1v) is 12.6. The number of fused-ring (bicyclic) bond motifs is 2. The fourth-order valence-electron chi connectivity index (χ4n) is 5.34. The molecule has 2 aromatic carbocycles. The van der Waals surface area contributed by atoms with Crippen molar-refractivity contribution in [3.63, 3.8) is 0 Å². The summed E-state index contributed by atoms with van der Waals surface area (Å²) < 4.78 is 20.2. The summed E-state index contributed by atoms with van der Waals surface area (Å²) in [6.45, 7) is 4.77. The van der Waals surface area contributed by atoms with Crippen molar-refractivity contribution < 1.29 is 19.0 Å². The van der Waals surface area contributed by atoms with E-state index in [-0.39, 0.29) is 30.7 Å². The van der Waals surface area contributed by atoms with E-state index in [4.69, 9.17) is 4.74 Å². The number of likely N-dealkylation sites (N-methyl/N-ethyl adjacent to an activating group) is 1. The van der Waals surface area contributed by atoms with Crippen molar-refractivity contribution in [3.8, 4) is 5.75 Å². The number of carbonyl (C=O) groups excluding carboxylic acids is 1. The maximum absolute atomic E-state index is 14.2. The van der Waals surface area contributed by atoms with Crippen molar-refractivity contribution in [3.05, 3.63) is 59.2 Å². The summed E-state index contributed by atoms with van der Waals surface area (Å²) in [5, 5.41) is 13.9. The Bertz CT molecular complexity index is 1060. The SMILES string of the molecule is CN1CCN(CC(O)CN2CCc3ccccc3C2)C(=O)c2ccc(OC3CCNCC3F)cc21.Cl.Cl. The van der Waals surface area contributed by atoms with Crippen molar-refractivity contribution in [2.45, 2.75) is 37.8 Å². The van der Waals surface area contributed by atoms with Crippen LogP contribution in [0.25, 0.3) is 0 Å². The number of halogens is 3. The molecule has 1 fully saturated rings. The van der Waals surface area contributed by atoms with Crippen LogP contribution in [0.15, 0.2) is 42.5 Å². The molecule has 0 bridgehead atoms. The van der Waals surface area contributed by atoms with E-state index >= 15 is 0 Å². The number of rotatable bonds is 6. The molecule has 5 rings (SSSR count). The van der Waals surface area contributed by atoms with E-state index in [1.165, 1.54) is 11.1 Å². The van der Waals surface area contributed by atoms with Crippen LogP contribution in [-0.4, -0.2) is 92.1 Å². The first-order chi connectivity index (χ1) is 17.0. The lowest BCUT2D eigenvalue weighted by molar-refractivity contribution is 0.0521. The van der Waals surface area contributed by atoms with Crippen LogP contribution in [0, 0.1) is 0 Å². The molecule has 3 aliphatic heterocycles. The molecule has 3 unspecified atom stereocenters. The average molecular weight is 556 g/mol. The monoisotopic (exact) mass is 554 g/mol. The topological polar surface area (TPSA) is 68.3 Å². The van der Waals surface area contributed by atoms with E-state index in [2.05, 4.69) is 34.5 Å². The van der Waals surface area contributed by atoms with E-state index in [1.807, 2.05) is 18.0 Å². The van der Waals surface area contributed by atoms with Gasteiger partial charge in [-0.25, -0.2) is 4.39 Å². The Kier molecular flexibility index (Phi) is 10.4. The molecule has 37 heavy (non-hydrogen) atoms.